The summed E-state index contributed by atoms with van der Waals surface area (Å²) in [6.45, 7) is 0. The van der Waals surface area contributed by atoms with Crippen LogP contribution in [0.25, 0.3) is 6.08 Å². The van der Waals surface area contributed by atoms with Gasteiger partial charge in [-0.2, -0.15) is 0 Å². The van der Waals surface area contributed by atoms with Crippen LogP contribution in [0.4, 0.5) is 15.8 Å². The second-order valence-corrected chi connectivity index (χ2v) is 7.17. The van der Waals surface area contributed by atoms with E-state index in [1.165, 1.54) is 25.3 Å². The van der Waals surface area contributed by atoms with Gasteiger partial charge in [-0.1, -0.05) is 18.2 Å². The van der Waals surface area contributed by atoms with Crippen molar-refractivity contribution in [1.82, 2.24) is 0 Å². The molecule has 2 rings (SSSR count). The Labute approximate surface area is 140 Å². The minimum Gasteiger partial charge on any atom is -0.322 e. The lowest BCUT2D eigenvalue weighted by Crippen LogP contribution is -2.24. The summed E-state index contributed by atoms with van der Waals surface area (Å²) >= 11 is 0. The Bertz CT molecular complexity index is 862. The zero-order valence-corrected chi connectivity index (χ0v) is 14.0. The van der Waals surface area contributed by atoms with Gasteiger partial charge in [-0.25, -0.2) is 12.8 Å². The van der Waals surface area contributed by atoms with Crippen molar-refractivity contribution < 1.29 is 17.6 Å². The number of nitrogens with zero attached hydrogens (tertiary/aromatic N) is 1. The summed E-state index contributed by atoms with van der Waals surface area (Å²) in [5.74, 6) is -0.720. The fourth-order valence-corrected chi connectivity index (χ4v) is 2.40. The maximum absolute atomic E-state index is 12.8. The van der Waals surface area contributed by atoms with Crippen molar-refractivity contribution in [1.29, 1.82) is 0 Å². The van der Waals surface area contributed by atoms with Gasteiger partial charge in [0, 0.05) is 18.8 Å². The Morgan fingerprint density at radius 1 is 1.17 bits per heavy atom. The SMILES string of the molecule is CN(c1cccc(NC(=O)/C=C/c2ccc(F)cc2)c1)S(C)(=O)=O. The number of sulfonamides is 1. The van der Waals surface area contributed by atoms with E-state index in [0.717, 1.165) is 10.6 Å². The molecule has 1 amide bonds. The first-order chi connectivity index (χ1) is 11.3. The summed E-state index contributed by atoms with van der Waals surface area (Å²) in [7, 11) is -1.94. The van der Waals surface area contributed by atoms with Crippen LogP contribution in [0.1, 0.15) is 5.56 Å². The third kappa shape index (κ3) is 4.92. The molecule has 0 fully saturated rings. The van der Waals surface area contributed by atoms with E-state index < -0.39 is 10.0 Å². The van der Waals surface area contributed by atoms with Crippen molar-refractivity contribution >= 4 is 33.4 Å². The Kier molecular flexibility index (Phi) is 5.35. The monoisotopic (exact) mass is 348 g/mol. The molecule has 7 heteroatoms. The molecule has 2 aromatic rings. The lowest BCUT2D eigenvalue weighted by Gasteiger charge is -2.17. The first-order valence-corrected chi connectivity index (χ1v) is 8.89. The molecule has 0 saturated heterocycles. The predicted octanol–water partition coefficient (Wildman–Crippen LogP) is 2.87. The quantitative estimate of drug-likeness (QED) is 0.845. The van der Waals surface area contributed by atoms with Crippen molar-refractivity contribution in [2.45, 2.75) is 0 Å². The Morgan fingerprint density at radius 2 is 1.83 bits per heavy atom. The van der Waals surface area contributed by atoms with Crippen LogP contribution in [-0.2, 0) is 14.8 Å². The van der Waals surface area contributed by atoms with Gasteiger partial charge in [0.1, 0.15) is 5.82 Å². The highest BCUT2D eigenvalue weighted by atomic mass is 32.2. The van der Waals surface area contributed by atoms with Gasteiger partial charge < -0.3 is 5.32 Å². The maximum Gasteiger partial charge on any atom is 0.248 e. The van der Waals surface area contributed by atoms with E-state index in [-0.39, 0.29) is 11.7 Å². The van der Waals surface area contributed by atoms with Crippen molar-refractivity contribution in [3.8, 4) is 0 Å². The molecule has 24 heavy (non-hydrogen) atoms. The fourth-order valence-electron chi connectivity index (χ4n) is 1.90. The van der Waals surface area contributed by atoms with E-state index in [0.29, 0.717) is 16.9 Å². The zero-order valence-electron chi connectivity index (χ0n) is 13.2. The highest BCUT2D eigenvalue weighted by molar-refractivity contribution is 7.92. The molecule has 0 aliphatic carbocycles. The second kappa shape index (κ2) is 7.27. The Balaban J connectivity index is 2.08. The van der Waals surface area contributed by atoms with E-state index in [4.69, 9.17) is 0 Å². The molecule has 0 saturated carbocycles. The minimum atomic E-state index is -3.37. The smallest absolute Gasteiger partial charge is 0.248 e. The van der Waals surface area contributed by atoms with Crippen LogP contribution < -0.4 is 9.62 Å². The van der Waals surface area contributed by atoms with Crippen molar-refractivity contribution in [3.63, 3.8) is 0 Å². The van der Waals surface area contributed by atoms with E-state index >= 15 is 0 Å². The van der Waals surface area contributed by atoms with Gasteiger partial charge in [0.05, 0.1) is 11.9 Å². The van der Waals surface area contributed by atoms with Crippen LogP contribution in [0.5, 0.6) is 0 Å². The first-order valence-electron chi connectivity index (χ1n) is 7.04. The summed E-state index contributed by atoms with van der Waals surface area (Å²) in [5.41, 5.74) is 1.60. The molecule has 2 aromatic carbocycles. The number of anilines is 2. The number of nitrogens with one attached hydrogen (secondary N) is 1. The number of rotatable bonds is 5. The third-order valence-corrected chi connectivity index (χ3v) is 4.48. The number of carbonyl (C=O) groups is 1. The molecule has 5 nitrogen and oxygen atoms in total. The van der Waals surface area contributed by atoms with Crippen LogP contribution in [0.2, 0.25) is 0 Å². The highest BCUT2D eigenvalue weighted by Crippen LogP contribution is 2.20. The molecule has 0 spiro atoms. The number of benzene rings is 2. The minimum absolute atomic E-state index is 0.344. The molecule has 0 heterocycles. The van der Waals surface area contributed by atoms with Crippen molar-refractivity contribution in [2.75, 3.05) is 22.9 Å². The molecular weight excluding hydrogens is 331 g/mol. The van der Waals surface area contributed by atoms with Crippen LogP contribution in [0.15, 0.2) is 54.6 Å². The molecule has 0 unspecified atom stereocenters. The number of hydrogen-bond donors (Lipinski definition) is 1. The third-order valence-electron chi connectivity index (χ3n) is 3.27. The van der Waals surface area contributed by atoms with E-state index in [1.807, 2.05) is 0 Å². The summed E-state index contributed by atoms with van der Waals surface area (Å²) in [5, 5.41) is 2.65. The number of amides is 1. The Hall–Kier alpha value is -2.67. The summed E-state index contributed by atoms with van der Waals surface area (Å²) in [6.07, 6.45) is 3.98. The average molecular weight is 348 g/mol. The van der Waals surface area contributed by atoms with Gasteiger partial charge in [0.2, 0.25) is 15.9 Å². The molecule has 1 N–H and O–H groups in total. The van der Waals surface area contributed by atoms with Crippen molar-refractivity contribution in [3.05, 3.63) is 66.0 Å². The largest absolute Gasteiger partial charge is 0.322 e. The lowest BCUT2D eigenvalue weighted by atomic mass is 10.2. The topological polar surface area (TPSA) is 66.5 Å². The standard InChI is InChI=1S/C17H17FN2O3S/c1-20(24(2,22)23)16-5-3-4-15(12-16)19-17(21)11-8-13-6-9-14(18)10-7-13/h3-12H,1-2H3,(H,19,21)/b11-8+. The summed E-state index contributed by atoms with van der Waals surface area (Å²) in [6, 6.07) is 12.2. The van der Waals surface area contributed by atoms with E-state index in [1.54, 1.807) is 42.5 Å². The number of halogens is 1. The molecule has 0 aliphatic heterocycles. The van der Waals surface area contributed by atoms with Gasteiger partial charge in [-0.15, -0.1) is 0 Å². The zero-order chi connectivity index (χ0) is 17.7. The van der Waals surface area contributed by atoms with Crippen LogP contribution in [0, 0.1) is 5.82 Å². The van der Waals surface area contributed by atoms with Crippen LogP contribution in [-0.4, -0.2) is 27.6 Å². The number of hydrogen-bond acceptors (Lipinski definition) is 3. The Morgan fingerprint density at radius 3 is 2.46 bits per heavy atom. The van der Waals surface area contributed by atoms with E-state index in [9.17, 15) is 17.6 Å². The van der Waals surface area contributed by atoms with Gasteiger partial charge >= 0.3 is 0 Å². The molecule has 0 bridgehead atoms. The van der Waals surface area contributed by atoms with Gasteiger partial charge in [-0.05, 0) is 42.0 Å². The van der Waals surface area contributed by atoms with Crippen molar-refractivity contribution in [2.24, 2.45) is 0 Å². The fraction of sp³-hybridized carbons (Fsp3) is 0.118. The highest BCUT2D eigenvalue weighted by Gasteiger charge is 2.12. The molecule has 0 radical (unpaired) electrons. The maximum atomic E-state index is 12.8. The van der Waals surface area contributed by atoms with Gasteiger partial charge in [0.15, 0.2) is 0 Å². The van der Waals surface area contributed by atoms with Crippen LogP contribution in [0.3, 0.4) is 0 Å². The van der Waals surface area contributed by atoms with Crippen LogP contribution >= 0.6 is 0 Å². The molecule has 0 atom stereocenters. The molecule has 0 aliphatic rings. The predicted molar refractivity (Wildman–Crippen MR) is 93.8 cm³/mol. The lowest BCUT2D eigenvalue weighted by molar-refractivity contribution is -0.111. The number of carbonyl (C=O) groups excluding carboxylic acids is 1. The van der Waals surface area contributed by atoms with E-state index in [2.05, 4.69) is 5.32 Å². The normalized spacial score (nSPS) is 11.5. The average Bonchev–Trinajstić information content (AvgIpc) is 2.53. The molecule has 126 valence electrons. The first kappa shape index (κ1) is 17.7. The summed E-state index contributed by atoms with van der Waals surface area (Å²) < 4.78 is 37.0. The van der Waals surface area contributed by atoms with Gasteiger partial charge in [0.25, 0.3) is 0 Å². The molecule has 0 aromatic heterocycles. The second-order valence-electron chi connectivity index (χ2n) is 5.15. The molecular formula is C17H17FN2O3S. The summed E-state index contributed by atoms with van der Waals surface area (Å²) in [4.78, 5) is 11.9. The van der Waals surface area contributed by atoms with Gasteiger partial charge in [-0.3, -0.25) is 9.10 Å².